The molecule has 0 aromatic carbocycles. The lowest BCUT2D eigenvalue weighted by Gasteiger charge is -2.01. The molecule has 0 aliphatic rings. The second-order valence-corrected chi connectivity index (χ2v) is 5.76. The summed E-state index contributed by atoms with van der Waals surface area (Å²) >= 11 is 5.28. The van der Waals surface area contributed by atoms with Crippen molar-refractivity contribution in [1.82, 2.24) is 9.78 Å². The fourth-order valence-electron chi connectivity index (χ4n) is 1.59. The maximum Gasteiger partial charge on any atom is 0.0755 e. The molecule has 3 nitrogen and oxygen atoms in total. The van der Waals surface area contributed by atoms with Crippen LogP contribution in [0.4, 0.5) is 0 Å². The Morgan fingerprint density at radius 1 is 1.38 bits per heavy atom. The molecule has 0 spiro atoms. The minimum absolute atomic E-state index is 0.617. The largest absolute Gasteiger partial charge is 0.326 e. The molecule has 16 heavy (non-hydrogen) atoms. The standard InChI is InChI=1S/C11H14BrN3S/c1-7-11(12)8(2)15(14-7)6-10-4-3-9(5-13)16-10/h3-4H,5-6,13H2,1-2H3. The van der Waals surface area contributed by atoms with Gasteiger partial charge < -0.3 is 5.73 Å². The van der Waals surface area contributed by atoms with Crippen LogP contribution in [0.25, 0.3) is 0 Å². The first kappa shape index (κ1) is 11.8. The minimum atomic E-state index is 0.617. The molecule has 2 aromatic rings. The van der Waals surface area contributed by atoms with Gasteiger partial charge in [0.2, 0.25) is 0 Å². The van der Waals surface area contributed by atoms with E-state index in [0.717, 1.165) is 16.7 Å². The Hall–Kier alpha value is -0.650. The molecule has 0 fully saturated rings. The molecule has 0 bridgehead atoms. The molecule has 2 heterocycles. The highest BCUT2D eigenvalue weighted by Crippen LogP contribution is 2.22. The van der Waals surface area contributed by atoms with Crippen molar-refractivity contribution >= 4 is 27.3 Å². The summed E-state index contributed by atoms with van der Waals surface area (Å²) in [6, 6.07) is 4.21. The Bertz CT molecular complexity index is 501. The van der Waals surface area contributed by atoms with Crippen molar-refractivity contribution in [2.75, 3.05) is 0 Å². The molecule has 0 radical (unpaired) electrons. The Balaban J connectivity index is 2.23. The van der Waals surface area contributed by atoms with Gasteiger partial charge in [-0.2, -0.15) is 5.10 Å². The number of hydrogen-bond donors (Lipinski definition) is 1. The molecule has 2 rings (SSSR count). The van der Waals surface area contributed by atoms with Gasteiger partial charge in [0.25, 0.3) is 0 Å². The van der Waals surface area contributed by atoms with Gasteiger partial charge in [-0.15, -0.1) is 11.3 Å². The van der Waals surface area contributed by atoms with Crippen LogP contribution in [0.5, 0.6) is 0 Å². The minimum Gasteiger partial charge on any atom is -0.326 e. The highest BCUT2D eigenvalue weighted by Gasteiger charge is 2.09. The van der Waals surface area contributed by atoms with Crippen LogP contribution in [-0.2, 0) is 13.1 Å². The van der Waals surface area contributed by atoms with Crippen molar-refractivity contribution in [2.24, 2.45) is 5.73 Å². The molecule has 0 saturated heterocycles. The Kier molecular flexibility index (Phi) is 3.47. The van der Waals surface area contributed by atoms with Crippen molar-refractivity contribution in [3.63, 3.8) is 0 Å². The van der Waals surface area contributed by atoms with E-state index in [1.165, 1.54) is 15.4 Å². The van der Waals surface area contributed by atoms with Gasteiger partial charge >= 0.3 is 0 Å². The van der Waals surface area contributed by atoms with Crippen molar-refractivity contribution < 1.29 is 0 Å². The number of aryl methyl sites for hydroxylation is 1. The van der Waals surface area contributed by atoms with Crippen molar-refractivity contribution in [2.45, 2.75) is 26.9 Å². The highest BCUT2D eigenvalue weighted by molar-refractivity contribution is 9.10. The molecule has 86 valence electrons. The molecule has 2 N–H and O–H groups in total. The van der Waals surface area contributed by atoms with Gasteiger partial charge in [0.15, 0.2) is 0 Å². The van der Waals surface area contributed by atoms with E-state index in [0.29, 0.717) is 6.54 Å². The van der Waals surface area contributed by atoms with Gasteiger partial charge in [-0.3, -0.25) is 4.68 Å². The number of rotatable bonds is 3. The average molecular weight is 300 g/mol. The second-order valence-electron chi connectivity index (χ2n) is 3.71. The van der Waals surface area contributed by atoms with E-state index in [1.54, 1.807) is 11.3 Å². The lowest BCUT2D eigenvalue weighted by Crippen LogP contribution is -2.02. The van der Waals surface area contributed by atoms with Gasteiger partial charge in [-0.05, 0) is 41.9 Å². The summed E-state index contributed by atoms with van der Waals surface area (Å²) in [6.07, 6.45) is 0. The zero-order valence-corrected chi connectivity index (χ0v) is 11.7. The summed E-state index contributed by atoms with van der Waals surface area (Å²) in [5, 5.41) is 4.49. The monoisotopic (exact) mass is 299 g/mol. The highest BCUT2D eigenvalue weighted by atomic mass is 79.9. The third-order valence-electron chi connectivity index (χ3n) is 2.52. The topological polar surface area (TPSA) is 43.8 Å². The van der Waals surface area contributed by atoms with Crippen LogP contribution in [0.1, 0.15) is 21.1 Å². The van der Waals surface area contributed by atoms with Gasteiger partial charge in [-0.25, -0.2) is 0 Å². The molecule has 0 unspecified atom stereocenters. The van der Waals surface area contributed by atoms with E-state index in [9.17, 15) is 0 Å². The normalized spacial score (nSPS) is 11.0. The molecule has 0 aliphatic heterocycles. The zero-order valence-electron chi connectivity index (χ0n) is 9.33. The number of aromatic nitrogens is 2. The van der Waals surface area contributed by atoms with Crippen LogP contribution in [0.3, 0.4) is 0 Å². The van der Waals surface area contributed by atoms with Crippen LogP contribution in [-0.4, -0.2) is 9.78 Å². The number of hydrogen-bond acceptors (Lipinski definition) is 3. The number of halogens is 1. The van der Waals surface area contributed by atoms with Crippen LogP contribution in [0.15, 0.2) is 16.6 Å². The van der Waals surface area contributed by atoms with Gasteiger partial charge in [0, 0.05) is 16.3 Å². The number of nitrogens with two attached hydrogens (primary N) is 1. The fraction of sp³-hybridized carbons (Fsp3) is 0.364. The zero-order chi connectivity index (χ0) is 11.7. The van der Waals surface area contributed by atoms with E-state index >= 15 is 0 Å². The maximum absolute atomic E-state index is 5.60. The average Bonchev–Trinajstić information content (AvgIpc) is 2.81. The predicted molar refractivity (Wildman–Crippen MR) is 70.7 cm³/mol. The smallest absolute Gasteiger partial charge is 0.0755 e. The van der Waals surface area contributed by atoms with Crippen molar-refractivity contribution in [3.05, 3.63) is 37.7 Å². The second kappa shape index (κ2) is 4.69. The summed E-state index contributed by atoms with van der Waals surface area (Å²) in [7, 11) is 0. The SMILES string of the molecule is Cc1nn(Cc2ccc(CN)s2)c(C)c1Br. The van der Waals surface area contributed by atoms with Crippen LogP contribution in [0, 0.1) is 13.8 Å². The third-order valence-corrected chi connectivity index (χ3v) is 4.76. The first-order chi connectivity index (χ1) is 7.61. The Labute approximate surface area is 107 Å². The predicted octanol–water partition coefficient (Wildman–Crippen LogP) is 2.83. The summed E-state index contributed by atoms with van der Waals surface area (Å²) in [6.45, 7) is 5.52. The van der Waals surface area contributed by atoms with E-state index in [-0.39, 0.29) is 0 Å². The Morgan fingerprint density at radius 3 is 2.56 bits per heavy atom. The molecule has 0 saturated carbocycles. The molecule has 0 amide bonds. The summed E-state index contributed by atoms with van der Waals surface area (Å²) in [4.78, 5) is 2.51. The molecule has 2 aromatic heterocycles. The molecular formula is C11H14BrN3S. The molecule has 5 heteroatoms. The Morgan fingerprint density at radius 2 is 2.06 bits per heavy atom. The lowest BCUT2D eigenvalue weighted by atomic mass is 10.4. The van der Waals surface area contributed by atoms with Crippen LogP contribution >= 0.6 is 27.3 Å². The third kappa shape index (κ3) is 2.21. The van der Waals surface area contributed by atoms with Crippen molar-refractivity contribution in [3.8, 4) is 0 Å². The van der Waals surface area contributed by atoms with Crippen LogP contribution < -0.4 is 5.73 Å². The summed E-state index contributed by atoms with van der Waals surface area (Å²) in [5.74, 6) is 0. The molecular weight excluding hydrogens is 286 g/mol. The first-order valence-corrected chi connectivity index (χ1v) is 6.70. The summed E-state index contributed by atoms with van der Waals surface area (Å²) in [5.41, 5.74) is 7.80. The van der Waals surface area contributed by atoms with Crippen LogP contribution in [0.2, 0.25) is 0 Å². The first-order valence-electron chi connectivity index (χ1n) is 5.09. The van der Waals surface area contributed by atoms with Crippen molar-refractivity contribution in [1.29, 1.82) is 0 Å². The van der Waals surface area contributed by atoms with E-state index < -0.39 is 0 Å². The summed E-state index contributed by atoms with van der Waals surface area (Å²) < 4.78 is 3.12. The quantitative estimate of drug-likeness (QED) is 0.947. The lowest BCUT2D eigenvalue weighted by molar-refractivity contribution is 0.665. The van der Waals surface area contributed by atoms with Gasteiger partial charge in [-0.1, -0.05) is 0 Å². The maximum atomic E-state index is 5.60. The fourth-order valence-corrected chi connectivity index (χ4v) is 2.76. The molecule has 0 aliphatic carbocycles. The van der Waals surface area contributed by atoms with Gasteiger partial charge in [0.1, 0.15) is 0 Å². The van der Waals surface area contributed by atoms with Gasteiger partial charge in [0.05, 0.1) is 22.4 Å². The number of nitrogens with zero attached hydrogens (tertiary/aromatic N) is 2. The van der Waals surface area contributed by atoms with E-state index in [2.05, 4.69) is 40.1 Å². The van der Waals surface area contributed by atoms with E-state index in [4.69, 9.17) is 5.73 Å². The van der Waals surface area contributed by atoms with E-state index in [1.807, 2.05) is 11.6 Å². The molecule has 0 atom stereocenters. The number of thiophene rings is 1.